The van der Waals surface area contributed by atoms with E-state index in [9.17, 15) is 4.79 Å². The molecule has 162 valence electrons. The van der Waals surface area contributed by atoms with Crippen molar-refractivity contribution in [2.24, 2.45) is 17.8 Å². The highest BCUT2D eigenvalue weighted by molar-refractivity contribution is 5.76. The zero-order valence-corrected chi connectivity index (χ0v) is 17.9. The fraction of sp³-hybridized carbons (Fsp3) is 0.957. The van der Waals surface area contributed by atoms with Crippen molar-refractivity contribution in [1.82, 2.24) is 5.32 Å². The first-order valence-corrected chi connectivity index (χ1v) is 11.7. The van der Waals surface area contributed by atoms with Gasteiger partial charge in [0.2, 0.25) is 5.91 Å². The second-order valence-corrected chi connectivity index (χ2v) is 9.33. The van der Waals surface area contributed by atoms with E-state index in [1.54, 1.807) is 0 Å². The molecule has 0 heterocycles. The molecule has 4 saturated carbocycles. The summed E-state index contributed by atoms with van der Waals surface area (Å²) in [5, 5.41) is 3.48. The van der Waals surface area contributed by atoms with Gasteiger partial charge in [-0.25, -0.2) is 0 Å². The number of hydrogen-bond donors (Lipinski definition) is 1. The summed E-state index contributed by atoms with van der Waals surface area (Å²) in [4.78, 5) is 12.5. The molecule has 0 aromatic rings. The van der Waals surface area contributed by atoms with E-state index < -0.39 is 0 Å². The molecule has 5 nitrogen and oxygen atoms in total. The van der Waals surface area contributed by atoms with Crippen LogP contribution in [-0.2, 0) is 19.0 Å². The minimum absolute atomic E-state index is 0.171. The molecule has 0 unspecified atom stereocenters. The lowest BCUT2D eigenvalue weighted by molar-refractivity contribution is -0.127. The van der Waals surface area contributed by atoms with Crippen LogP contribution in [0.4, 0.5) is 0 Å². The molecule has 0 atom stereocenters. The predicted molar refractivity (Wildman–Crippen MR) is 110 cm³/mol. The molecule has 4 fully saturated rings. The third-order valence-corrected chi connectivity index (χ3v) is 6.83. The van der Waals surface area contributed by atoms with Gasteiger partial charge in [-0.2, -0.15) is 0 Å². The summed E-state index contributed by atoms with van der Waals surface area (Å²) >= 11 is 0. The van der Waals surface area contributed by atoms with Gasteiger partial charge in [-0.3, -0.25) is 4.79 Å². The van der Waals surface area contributed by atoms with Crippen LogP contribution in [0, 0.1) is 17.8 Å². The van der Waals surface area contributed by atoms with Gasteiger partial charge in [0.05, 0.1) is 26.4 Å². The van der Waals surface area contributed by atoms with Gasteiger partial charge in [0.25, 0.3) is 0 Å². The highest BCUT2D eigenvalue weighted by Crippen LogP contribution is 2.55. The van der Waals surface area contributed by atoms with Crippen molar-refractivity contribution < 1.29 is 19.0 Å². The van der Waals surface area contributed by atoms with Crippen LogP contribution in [0.25, 0.3) is 0 Å². The molecule has 1 amide bonds. The van der Waals surface area contributed by atoms with Gasteiger partial charge in [0.15, 0.2) is 0 Å². The molecule has 4 bridgehead atoms. The van der Waals surface area contributed by atoms with Gasteiger partial charge in [0, 0.05) is 25.2 Å². The minimum Gasteiger partial charge on any atom is -0.379 e. The number of nitrogens with one attached hydrogen (secondary N) is 1. The van der Waals surface area contributed by atoms with Crippen LogP contribution in [0.5, 0.6) is 0 Å². The van der Waals surface area contributed by atoms with Crippen molar-refractivity contribution in [3.63, 3.8) is 0 Å². The third-order valence-electron chi connectivity index (χ3n) is 6.83. The van der Waals surface area contributed by atoms with E-state index >= 15 is 0 Å². The van der Waals surface area contributed by atoms with Gasteiger partial charge in [-0.1, -0.05) is 12.8 Å². The maximum Gasteiger partial charge on any atom is 0.220 e. The number of rotatable bonds is 15. The SMILES string of the molecule is CCOCCOCCOCCCCCCC(=O)NC12CC3CC(CC(C3)C1)C2. The van der Waals surface area contributed by atoms with E-state index in [1.165, 1.54) is 38.5 Å². The Hall–Kier alpha value is -0.650. The van der Waals surface area contributed by atoms with E-state index in [1.807, 2.05) is 6.92 Å². The van der Waals surface area contributed by atoms with Crippen molar-refractivity contribution in [3.8, 4) is 0 Å². The molecule has 4 rings (SSSR count). The number of carbonyl (C=O) groups is 1. The Bertz CT molecular complexity index is 432. The molecule has 0 aromatic carbocycles. The zero-order chi connectivity index (χ0) is 19.7. The van der Waals surface area contributed by atoms with E-state index in [2.05, 4.69) is 5.32 Å². The van der Waals surface area contributed by atoms with Gasteiger partial charge in [-0.05, 0) is 76.0 Å². The van der Waals surface area contributed by atoms with Crippen LogP contribution in [0.15, 0.2) is 0 Å². The molecular weight excluding hydrogens is 354 g/mol. The smallest absolute Gasteiger partial charge is 0.220 e. The van der Waals surface area contributed by atoms with Gasteiger partial charge < -0.3 is 19.5 Å². The number of amides is 1. The average Bonchev–Trinajstić information content (AvgIpc) is 2.64. The Morgan fingerprint density at radius 1 is 0.786 bits per heavy atom. The van der Waals surface area contributed by atoms with Crippen LogP contribution in [-0.4, -0.2) is 51.1 Å². The molecule has 28 heavy (non-hydrogen) atoms. The summed E-state index contributed by atoms with van der Waals surface area (Å²) in [5.41, 5.74) is 0.171. The number of hydrogen-bond acceptors (Lipinski definition) is 4. The van der Waals surface area contributed by atoms with Crippen LogP contribution in [0.2, 0.25) is 0 Å². The topological polar surface area (TPSA) is 56.8 Å². The molecule has 0 spiro atoms. The Labute approximate surface area is 171 Å². The lowest BCUT2D eigenvalue weighted by Crippen LogP contribution is -2.59. The maximum absolute atomic E-state index is 12.5. The lowest BCUT2D eigenvalue weighted by Gasteiger charge is -2.56. The molecule has 5 heteroatoms. The second kappa shape index (κ2) is 11.5. The van der Waals surface area contributed by atoms with Gasteiger partial charge >= 0.3 is 0 Å². The Morgan fingerprint density at radius 3 is 1.93 bits per heavy atom. The molecule has 4 aliphatic carbocycles. The normalized spacial score (nSPS) is 30.7. The standard InChI is InChI=1S/C23H41NO4/c1-2-26-9-10-28-12-11-27-8-6-4-3-5-7-22(25)24-23-16-19-13-20(17-23)15-21(14-19)18-23/h19-21H,2-18H2,1H3,(H,24,25). The number of carbonyl (C=O) groups excluding carboxylic acids is 1. The Kier molecular flexibility index (Phi) is 9.06. The van der Waals surface area contributed by atoms with Crippen molar-refractivity contribution >= 4 is 5.91 Å². The summed E-state index contributed by atoms with van der Waals surface area (Å²) in [7, 11) is 0. The predicted octanol–water partition coefficient (Wildman–Crippen LogP) is 4.09. The van der Waals surface area contributed by atoms with E-state index in [0.717, 1.165) is 56.7 Å². The highest BCUT2D eigenvalue weighted by atomic mass is 16.5. The largest absolute Gasteiger partial charge is 0.379 e. The molecule has 1 N–H and O–H groups in total. The third kappa shape index (κ3) is 7.00. The molecule has 0 saturated heterocycles. The first-order chi connectivity index (χ1) is 13.7. The molecule has 0 aromatic heterocycles. The van der Waals surface area contributed by atoms with Crippen LogP contribution in [0.3, 0.4) is 0 Å². The Morgan fingerprint density at radius 2 is 1.32 bits per heavy atom. The number of ether oxygens (including phenoxy) is 3. The van der Waals surface area contributed by atoms with Crippen molar-refractivity contribution in [2.45, 2.75) is 83.1 Å². The van der Waals surface area contributed by atoms with Gasteiger partial charge in [0.1, 0.15) is 0 Å². The van der Waals surface area contributed by atoms with Crippen LogP contribution in [0.1, 0.15) is 77.6 Å². The van der Waals surface area contributed by atoms with E-state index in [-0.39, 0.29) is 5.54 Å². The van der Waals surface area contributed by atoms with Crippen molar-refractivity contribution in [3.05, 3.63) is 0 Å². The monoisotopic (exact) mass is 395 g/mol. The lowest BCUT2D eigenvalue weighted by atomic mass is 9.53. The Balaban J connectivity index is 1.14. The second-order valence-electron chi connectivity index (χ2n) is 9.33. The van der Waals surface area contributed by atoms with Crippen LogP contribution < -0.4 is 5.32 Å². The summed E-state index contributed by atoms with van der Waals surface area (Å²) in [5.74, 6) is 2.97. The number of unbranched alkanes of at least 4 members (excludes halogenated alkanes) is 3. The zero-order valence-electron chi connectivity index (χ0n) is 17.9. The fourth-order valence-corrected chi connectivity index (χ4v) is 6.05. The van der Waals surface area contributed by atoms with Gasteiger partial charge in [-0.15, -0.1) is 0 Å². The summed E-state index contributed by atoms with van der Waals surface area (Å²) in [6.07, 6.45) is 13.0. The quantitative estimate of drug-likeness (QED) is 0.424. The first-order valence-electron chi connectivity index (χ1n) is 11.7. The molecule has 0 radical (unpaired) electrons. The summed E-state index contributed by atoms with van der Waals surface area (Å²) in [6.45, 7) is 6.10. The van der Waals surface area contributed by atoms with Crippen LogP contribution >= 0.6 is 0 Å². The highest BCUT2D eigenvalue weighted by Gasteiger charge is 2.51. The summed E-state index contributed by atoms with van der Waals surface area (Å²) in [6, 6.07) is 0. The van der Waals surface area contributed by atoms with E-state index in [0.29, 0.717) is 38.8 Å². The molecular formula is C23H41NO4. The fourth-order valence-electron chi connectivity index (χ4n) is 6.05. The molecule has 4 aliphatic rings. The first kappa shape index (κ1) is 22.0. The van der Waals surface area contributed by atoms with E-state index in [4.69, 9.17) is 14.2 Å². The maximum atomic E-state index is 12.5. The molecule has 0 aliphatic heterocycles. The average molecular weight is 396 g/mol. The van der Waals surface area contributed by atoms with Crippen molar-refractivity contribution in [1.29, 1.82) is 0 Å². The summed E-state index contributed by atoms with van der Waals surface area (Å²) < 4.78 is 16.2. The van der Waals surface area contributed by atoms with Crippen molar-refractivity contribution in [2.75, 3.05) is 39.6 Å². The minimum atomic E-state index is 0.171.